The van der Waals surface area contributed by atoms with E-state index in [0.717, 1.165) is 5.92 Å². The normalized spacial score (nSPS) is 16.0. The van der Waals surface area contributed by atoms with Crippen molar-refractivity contribution in [3.63, 3.8) is 0 Å². The van der Waals surface area contributed by atoms with Gasteiger partial charge >= 0.3 is 0 Å². The molecule has 0 N–H and O–H groups in total. The molecule has 0 aliphatic carbocycles. The lowest BCUT2D eigenvalue weighted by atomic mass is 9.96. The maximum Gasteiger partial charge on any atom is 0.152 e. The number of hydrogen-bond acceptors (Lipinski definition) is 1. The van der Waals surface area contributed by atoms with Crippen LogP contribution in [0.15, 0.2) is 12.2 Å². The number of hydrogen-bond donors (Lipinski definition) is 0. The first kappa shape index (κ1) is 12.4. The maximum atomic E-state index is 10.7. The quantitative estimate of drug-likeness (QED) is 0.574. The first-order chi connectivity index (χ1) is 6.06. The molecule has 0 saturated carbocycles. The molecule has 0 fully saturated rings. The van der Waals surface area contributed by atoms with E-state index in [-0.39, 0.29) is 5.78 Å². The van der Waals surface area contributed by atoms with E-state index in [1.807, 2.05) is 6.08 Å². The first-order valence-corrected chi connectivity index (χ1v) is 5.25. The van der Waals surface area contributed by atoms with E-state index in [1.54, 1.807) is 13.0 Å². The zero-order valence-corrected chi connectivity index (χ0v) is 9.34. The standard InChI is InChI=1S/C12H22O/c1-5-10(2)6-7-11(3)8-9-12(4)13/h8-11H,5-7H2,1-4H3. The highest BCUT2D eigenvalue weighted by Crippen LogP contribution is 2.15. The minimum atomic E-state index is 0.149. The molecule has 2 atom stereocenters. The molecule has 0 heterocycles. The summed E-state index contributed by atoms with van der Waals surface area (Å²) >= 11 is 0. The number of ketones is 1. The van der Waals surface area contributed by atoms with Crippen LogP contribution >= 0.6 is 0 Å². The summed E-state index contributed by atoms with van der Waals surface area (Å²) in [4.78, 5) is 10.7. The van der Waals surface area contributed by atoms with Crippen molar-refractivity contribution in [2.75, 3.05) is 0 Å². The molecule has 0 radical (unpaired) electrons. The van der Waals surface area contributed by atoms with Gasteiger partial charge in [0.15, 0.2) is 5.78 Å². The van der Waals surface area contributed by atoms with E-state index < -0.39 is 0 Å². The Balaban J connectivity index is 3.62. The number of rotatable bonds is 6. The van der Waals surface area contributed by atoms with Crippen molar-refractivity contribution in [3.8, 4) is 0 Å². The number of allylic oxidation sites excluding steroid dienone is 2. The molecule has 76 valence electrons. The van der Waals surface area contributed by atoms with Crippen molar-refractivity contribution in [1.82, 2.24) is 0 Å². The maximum absolute atomic E-state index is 10.7. The fraction of sp³-hybridized carbons (Fsp3) is 0.750. The second-order valence-electron chi connectivity index (χ2n) is 4.04. The Morgan fingerprint density at radius 2 is 1.92 bits per heavy atom. The van der Waals surface area contributed by atoms with Crippen LogP contribution in [0, 0.1) is 11.8 Å². The van der Waals surface area contributed by atoms with Crippen molar-refractivity contribution in [1.29, 1.82) is 0 Å². The third-order valence-corrected chi connectivity index (χ3v) is 2.47. The van der Waals surface area contributed by atoms with Gasteiger partial charge in [-0.25, -0.2) is 0 Å². The fourth-order valence-electron chi connectivity index (χ4n) is 1.15. The summed E-state index contributed by atoms with van der Waals surface area (Å²) in [6.07, 6.45) is 7.41. The number of carbonyl (C=O) groups excluding carboxylic acids is 1. The highest BCUT2D eigenvalue weighted by atomic mass is 16.1. The minimum absolute atomic E-state index is 0.149. The summed E-state index contributed by atoms with van der Waals surface area (Å²) in [6, 6.07) is 0. The zero-order valence-electron chi connectivity index (χ0n) is 9.34. The highest BCUT2D eigenvalue weighted by Gasteiger charge is 2.02. The molecule has 1 heteroatoms. The molecule has 13 heavy (non-hydrogen) atoms. The molecular formula is C12H22O. The summed E-state index contributed by atoms with van der Waals surface area (Å²) in [5.74, 6) is 1.50. The summed E-state index contributed by atoms with van der Waals surface area (Å²) in [5.41, 5.74) is 0. The van der Waals surface area contributed by atoms with Crippen LogP contribution in [0.4, 0.5) is 0 Å². The van der Waals surface area contributed by atoms with Crippen molar-refractivity contribution in [2.24, 2.45) is 11.8 Å². The Hall–Kier alpha value is -0.590. The molecule has 0 aromatic carbocycles. The smallest absolute Gasteiger partial charge is 0.152 e. The predicted molar refractivity (Wildman–Crippen MR) is 57.7 cm³/mol. The van der Waals surface area contributed by atoms with Gasteiger partial charge in [-0.05, 0) is 31.3 Å². The molecule has 0 rings (SSSR count). The van der Waals surface area contributed by atoms with Gasteiger partial charge in [0.25, 0.3) is 0 Å². The van der Waals surface area contributed by atoms with Gasteiger partial charge in [0.2, 0.25) is 0 Å². The van der Waals surface area contributed by atoms with Crippen molar-refractivity contribution in [2.45, 2.75) is 47.0 Å². The van der Waals surface area contributed by atoms with Crippen LogP contribution in [0.2, 0.25) is 0 Å². The highest BCUT2D eigenvalue weighted by molar-refractivity contribution is 5.87. The molecule has 0 aliphatic rings. The lowest BCUT2D eigenvalue weighted by molar-refractivity contribution is -0.112. The van der Waals surface area contributed by atoms with Crippen LogP contribution in [-0.4, -0.2) is 5.78 Å². The Morgan fingerprint density at radius 1 is 1.31 bits per heavy atom. The topological polar surface area (TPSA) is 17.1 Å². The molecule has 0 aromatic heterocycles. The Kier molecular flexibility index (Phi) is 6.56. The summed E-state index contributed by atoms with van der Waals surface area (Å²) in [5, 5.41) is 0. The molecule has 0 spiro atoms. The third kappa shape index (κ3) is 7.76. The van der Waals surface area contributed by atoms with E-state index in [4.69, 9.17) is 0 Å². The molecule has 0 amide bonds. The van der Waals surface area contributed by atoms with Crippen LogP contribution in [0.25, 0.3) is 0 Å². The number of carbonyl (C=O) groups is 1. The predicted octanol–water partition coefficient (Wildman–Crippen LogP) is 3.59. The van der Waals surface area contributed by atoms with Gasteiger partial charge in [-0.1, -0.05) is 39.7 Å². The van der Waals surface area contributed by atoms with Gasteiger partial charge in [0.05, 0.1) is 0 Å². The van der Waals surface area contributed by atoms with Gasteiger partial charge in [0.1, 0.15) is 0 Å². The van der Waals surface area contributed by atoms with E-state index in [0.29, 0.717) is 5.92 Å². The second kappa shape index (κ2) is 6.88. The molecule has 0 bridgehead atoms. The molecule has 0 aliphatic heterocycles. The summed E-state index contributed by atoms with van der Waals surface area (Å²) in [6.45, 7) is 8.27. The largest absolute Gasteiger partial charge is 0.295 e. The van der Waals surface area contributed by atoms with Gasteiger partial charge < -0.3 is 0 Å². The molecule has 1 nitrogen and oxygen atoms in total. The van der Waals surface area contributed by atoms with E-state index in [9.17, 15) is 4.79 Å². The average Bonchev–Trinajstić information content (AvgIpc) is 2.10. The SMILES string of the molecule is CCC(C)CCC(C)C=CC(C)=O. The van der Waals surface area contributed by atoms with E-state index in [2.05, 4.69) is 20.8 Å². The monoisotopic (exact) mass is 182 g/mol. The molecule has 0 saturated heterocycles. The molecular weight excluding hydrogens is 160 g/mol. The Bertz CT molecular complexity index is 170. The van der Waals surface area contributed by atoms with Crippen molar-refractivity contribution >= 4 is 5.78 Å². The average molecular weight is 182 g/mol. The van der Waals surface area contributed by atoms with Gasteiger partial charge in [0, 0.05) is 0 Å². The van der Waals surface area contributed by atoms with Crippen LogP contribution < -0.4 is 0 Å². The fourth-order valence-corrected chi connectivity index (χ4v) is 1.15. The summed E-state index contributed by atoms with van der Waals surface area (Å²) in [7, 11) is 0. The minimum Gasteiger partial charge on any atom is -0.295 e. The van der Waals surface area contributed by atoms with Gasteiger partial charge in [-0.3, -0.25) is 4.79 Å². The van der Waals surface area contributed by atoms with Crippen LogP contribution in [0.1, 0.15) is 47.0 Å². The van der Waals surface area contributed by atoms with Gasteiger partial charge in [-0.2, -0.15) is 0 Å². The van der Waals surface area contributed by atoms with E-state index in [1.165, 1.54) is 19.3 Å². The second-order valence-corrected chi connectivity index (χ2v) is 4.04. The molecule has 2 unspecified atom stereocenters. The Morgan fingerprint density at radius 3 is 2.38 bits per heavy atom. The summed E-state index contributed by atoms with van der Waals surface area (Å²) < 4.78 is 0. The van der Waals surface area contributed by atoms with Crippen LogP contribution in [0.3, 0.4) is 0 Å². The third-order valence-electron chi connectivity index (χ3n) is 2.47. The zero-order chi connectivity index (χ0) is 10.3. The molecule has 0 aromatic rings. The lowest BCUT2D eigenvalue weighted by Gasteiger charge is -2.10. The van der Waals surface area contributed by atoms with Gasteiger partial charge in [-0.15, -0.1) is 0 Å². The first-order valence-electron chi connectivity index (χ1n) is 5.25. The lowest BCUT2D eigenvalue weighted by Crippen LogP contribution is -1.97. The van der Waals surface area contributed by atoms with Crippen molar-refractivity contribution in [3.05, 3.63) is 12.2 Å². The van der Waals surface area contributed by atoms with E-state index >= 15 is 0 Å². The van der Waals surface area contributed by atoms with Crippen molar-refractivity contribution < 1.29 is 4.79 Å². The van der Waals surface area contributed by atoms with Crippen LogP contribution in [0.5, 0.6) is 0 Å². The van der Waals surface area contributed by atoms with Crippen LogP contribution in [-0.2, 0) is 4.79 Å². The Labute approximate surface area is 82.2 Å².